The van der Waals surface area contributed by atoms with Crippen LogP contribution in [0.4, 0.5) is 0 Å². The van der Waals surface area contributed by atoms with E-state index in [-0.39, 0.29) is 30.5 Å². The number of hydrogen-bond acceptors (Lipinski definition) is 5. The first-order valence-corrected chi connectivity index (χ1v) is 6.26. The molecule has 0 radical (unpaired) electrons. The number of carbonyl (C=O) groups is 1. The van der Waals surface area contributed by atoms with Crippen molar-refractivity contribution in [1.82, 2.24) is 0 Å². The first kappa shape index (κ1) is 18.0. The van der Waals surface area contributed by atoms with Gasteiger partial charge in [0, 0.05) is 6.04 Å². The van der Waals surface area contributed by atoms with Crippen molar-refractivity contribution in [2.45, 2.75) is 19.4 Å². The second-order valence-electron chi connectivity index (χ2n) is 3.67. The number of esters is 1. The van der Waals surface area contributed by atoms with Gasteiger partial charge in [-0.15, -0.1) is 12.4 Å². The molecule has 1 aromatic rings. The smallest absolute Gasteiger partial charge is 0.307 e. The Labute approximate surface area is 126 Å². The number of phenols is 1. The quantitative estimate of drug-likeness (QED) is 0.794. The van der Waals surface area contributed by atoms with Crippen molar-refractivity contribution in [2.24, 2.45) is 5.73 Å². The number of rotatable bonds is 5. The Balaban J connectivity index is 0.00000324. The van der Waals surface area contributed by atoms with Crippen LogP contribution in [0.25, 0.3) is 0 Å². The average molecular weight is 355 g/mol. The summed E-state index contributed by atoms with van der Waals surface area (Å²) in [5, 5.41) is 9.67. The van der Waals surface area contributed by atoms with E-state index in [1.54, 1.807) is 19.1 Å². The number of ether oxygens (including phenoxy) is 2. The minimum atomic E-state index is -0.505. The fourth-order valence-electron chi connectivity index (χ4n) is 1.48. The monoisotopic (exact) mass is 353 g/mol. The molecule has 1 atom stereocenters. The molecule has 3 N–H and O–H groups in total. The number of benzene rings is 1. The lowest BCUT2D eigenvalue weighted by atomic mass is 10.0. The van der Waals surface area contributed by atoms with Crippen molar-refractivity contribution in [3.8, 4) is 11.5 Å². The Kier molecular flexibility index (Phi) is 7.82. The van der Waals surface area contributed by atoms with Crippen LogP contribution in [0.5, 0.6) is 11.5 Å². The highest BCUT2D eigenvalue weighted by molar-refractivity contribution is 9.10. The highest BCUT2D eigenvalue weighted by Gasteiger charge is 2.16. The summed E-state index contributed by atoms with van der Waals surface area (Å²) in [6.45, 7) is 2.07. The van der Waals surface area contributed by atoms with Crippen LogP contribution in [-0.2, 0) is 9.53 Å². The Hall–Kier alpha value is -0.980. The normalized spacial score (nSPS) is 11.4. The maximum absolute atomic E-state index is 11.3. The molecule has 0 unspecified atom stereocenters. The van der Waals surface area contributed by atoms with Gasteiger partial charge < -0.3 is 20.3 Å². The van der Waals surface area contributed by atoms with E-state index in [1.165, 1.54) is 7.11 Å². The number of carbonyl (C=O) groups excluding carboxylic acids is 1. The summed E-state index contributed by atoms with van der Waals surface area (Å²) in [6, 6.07) is 2.75. The van der Waals surface area contributed by atoms with E-state index in [0.29, 0.717) is 22.4 Å². The summed E-state index contributed by atoms with van der Waals surface area (Å²) in [6.07, 6.45) is 0.0776. The number of phenolic OH excluding ortho intramolecular Hbond substituents is 1. The van der Waals surface area contributed by atoms with Gasteiger partial charge in [0.25, 0.3) is 0 Å². The maximum Gasteiger partial charge on any atom is 0.307 e. The number of hydrogen-bond donors (Lipinski definition) is 2. The number of nitrogens with two attached hydrogens (primary N) is 1. The SMILES string of the molecule is CCOC(=O)C[C@H](N)c1cc(Br)c(O)c(OC)c1.Cl. The van der Waals surface area contributed by atoms with Crippen LogP contribution in [-0.4, -0.2) is 24.8 Å². The van der Waals surface area contributed by atoms with Crippen LogP contribution in [0.15, 0.2) is 16.6 Å². The largest absolute Gasteiger partial charge is 0.503 e. The topological polar surface area (TPSA) is 81.8 Å². The summed E-state index contributed by atoms with van der Waals surface area (Å²) >= 11 is 3.20. The van der Waals surface area contributed by atoms with E-state index in [1.807, 2.05) is 0 Å². The van der Waals surface area contributed by atoms with Crippen LogP contribution in [0.2, 0.25) is 0 Å². The van der Waals surface area contributed by atoms with Gasteiger partial charge in [-0.05, 0) is 40.5 Å². The molecule has 1 aromatic carbocycles. The molecule has 5 nitrogen and oxygen atoms in total. The molecule has 0 bridgehead atoms. The zero-order valence-corrected chi connectivity index (χ0v) is 13.1. The van der Waals surface area contributed by atoms with Gasteiger partial charge in [0.15, 0.2) is 11.5 Å². The highest BCUT2D eigenvalue weighted by Crippen LogP contribution is 2.36. The lowest BCUT2D eigenvalue weighted by Crippen LogP contribution is -2.17. The maximum atomic E-state index is 11.3. The van der Waals surface area contributed by atoms with E-state index < -0.39 is 6.04 Å². The molecule has 0 amide bonds. The molecule has 0 aliphatic carbocycles. The first-order valence-electron chi connectivity index (χ1n) is 5.47. The second-order valence-corrected chi connectivity index (χ2v) is 4.52. The van der Waals surface area contributed by atoms with Crippen LogP contribution < -0.4 is 10.5 Å². The fourth-order valence-corrected chi connectivity index (χ4v) is 1.94. The van der Waals surface area contributed by atoms with E-state index in [0.717, 1.165) is 0 Å². The summed E-state index contributed by atoms with van der Waals surface area (Å²) in [5.74, 6) is -0.0450. The lowest BCUT2D eigenvalue weighted by molar-refractivity contribution is -0.143. The molecule has 0 saturated heterocycles. The predicted molar refractivity (Wildman–Crippen MR) is 77.8 cm³/mol. The lowest BCUT2D eigenvalue weighted by Gasteiger charge is -2.14. The molecule has 108 valence electrons. The standard InChI is InChI=1S/C12H16BrNO4.ClH/c1-3-18-11(15)6-9(14)7-4-8(13)12(16)10(5-7)17-2;/h4-5,9,16H,3,6,14H2,1-2H3;1H/t9-;/m0./s1. The zero-order valence-electron chi connectivity index (χ0n) is 10.7. The molecule has 0 fully saturated rings. The van der Waals surface area contributed by atoms with Crippen molar-refractivity contribution in [1.29, 1.82) is 0 Å². The van der Waals surface area contributed by atoms with Gasteiger partial charge in [0.1, 0.15) is 0 Å². The van der Waals surface area contributed by atoms with Crippen LogP contribution in [0.1, 0.15) is 24.9 Å². The van der Waals surface area contributed by atoms with Gasteiger partial charge in [-0.25, -0.2) is 0 Å². The van der Waals surface area contributed by atoms with E-state index in [9.17, 15) is 9.90 Å². The number of methoxy groups -OCH3 is 1. The first-order chi connectivity index (χ1) is 8.49. The zero-order chi connectivity index (χ0) is 13.7. The fraction of sp³-hybridized carbons (Fsp3) is 0.417. The third-order valence-corrected chi connectivity index (χ3v) is 3.00. The van der Waals surface area contributed by atoms with Crippen LogP contribution in [0.3, 0.4) is 0 Å². The Morgan fingerprint density at radius 3 is 2.68 bits per heavy atom. The van der Waals surface area contributed by atoms with Gasteiger partial charge >= 0.3 is 5.97 Å². The van der Waals surface area contributed by atoms with Gasteiger partial charge in [-0.1, -0.05) is 0 Å². The summed E-state index contributed by atoms with van der Waals surface area (Å²) in [4.78, 5) is 11.3. The molecule has 0 heterocycles. The van der Waals surface area contributed by atoms with Crippen molar-refractivity contribution in [2.75, 3.05) is 13.7 Å². The highest BCUT2D eigenvalue weighted by atomic mass is 79.9. The molecular weight excluding hydrogens is 337 g/mol. The van der Waals surface area contributed by atoms with E-state index in [4.69, 9.17) is 15.2 Å². The number of halogens is 2. The van der Waals surface area contributed by atoms with Crippen LogP contribution in [0, 0.1) is 0 Å². The van der Waals surface area contributed by atoms with Crippen LogP contribution >= 0.6 is 28.3 Å². The predicted octanol–water partition coefficient (Wildman–Crippen LogP) is 2.54. The Bertz CT molecular complexity index is 442. The van der Waals surface area contributed by atoms with Crippen molar-refractivity contribution < 1.29 is 19.4 Å². The third kappa shape index (κ3) is 4.89. The van der Waals surface area contributed by atoms with Crippen molar-refractivity contribution in [3.63, 3.8) is 0 Å². The van der Waals surface area contributed by atoms with E-state index in [2.05, 4.69) is 15.9 Å². The minimum absolute atomic E-state index is 0. The van der Waals surface area contributed by atoms with Crippen molar-refractivity contribution >= 4 is 34.3 Å². The third-order valence-electron chi connectivity index (χ3n) is 2.39. The van der Waals surface area contributed by atoms with Gasteiger partial charge in [-0.2, -0.15) is 0 Å². The van der Waals surface area contributed by atoms with Gasteiger partial charge in [0.05, 0.1) is 24.6 Å². The van der Waals surface area contributed by atoms with Crippen molar-refractivity contribution in [3.05, 3.63) is 22.2 Å². The molecule has 0 aromatic heterocycles. The molecule has 0 aliphatic heterocycles. The summed E-state index contributed by atoms with van der Waals surface area (Å²) in [5.41, 5.74) is 6.59. The molecule has 0 aliphatic rings. The average Bonchev–Trinajstić information content (AvgIpc) is 2.32. The Morgan fingerprint density at radius 2 is 2.16 bits per heavy atom. The molecular formula is C12H17BrClNO4. The minimum Gasteiger partial charge on any atom is -0.503 e. The van der Waals surface area contributed by atoms with Gasteiger partial charge in [-0.3, -0.25) is 4.79 Å². The molecule has 19 heavy (non-hydrogen) atoms. The molecule has 0 saturated carbocycles. The molecule has 7 heteroatoms. The van der Waals surface area contributed by atoms with Gasteiger partial charge in [0.2, 0.25) is 0 Å². The van der Waals surface area contributed by atoms with E-state index >= 15 is 0 Å². The second kappa shape index (κ2) is 8.24. The summed E-state index contributed by atoms with van der Waals surface area (Å²) < 4.78 is 10.3. The summed E-state index contributed by atoms with van der Waals surface area (Å²) in [7, 11) is 1.45. The molecule has 0 spiro atoms. The number of aromatic hydroxyl groups is 1. The Morgan fingerprint density at radius 1 is 1.53 bits per heavy atom. The molecule has 1 rings (SSSR count).